The van der Waals surface area contributed by atoms with E-state index in [1.54, 1.807) is 15.8 Å². The van der Waals surface area contributed by atoms with Crippen LogP contribution in [0.25, 0.3) is 11.1 Å². The summed E-state index contributed by atoms with van der Waals surface area (Å²) in [5, 5.41) is 7.80. The molecule has 128 valence electrons. The Labute approximate surface area is 152 Å². The van der Waals surface area contributed by atoms with Gasteiger partial charge in [0.05, 0.1) is 11.9 Å². The van der Waals surface area contributed by atoms with Gasteiger partial charge in [0.1, 0.15) is 0 Å². The first kappa shape index (κ1) is 17.1. The fourth-order valence-corrected chi connectivity index (χ4v) is 3.04. The third kappa shape index (κ3) is 4.03. The Morgan fingerprint density at radius 3 is 2.88 bits per heavy atom. The van der Waals surface area contributed by atoms with E-state index in [-0.39, 0.29) is 18.4 Å². The Hall–Kier alpha value is -2.73. The molecule has 2 aromatic rings. The van der Waals surface area contributed by atoms with Gasteiger partial charge in [0.25, 0.3) is 0 Å². The summed E-state index contributed by atoms with van der Waals surface area (Å²) in [6, 6.07) is 7.80. The monoisotopic (exact) mass is 352 g/mol. The van der Waals surface area contributed by atoms with Crippen LogP contribution >= 0.6 is 12.2 Å². The third-order valence-corrected chi connectivity index (χ3v) is 4.19. The molecule has 1 aromatic heterocycles. The zero-order valence-corrected chi connectivity index (χ0v) is 15.0. The van der Waals surface area contributed by atoms with Gasteiger partial charge in [-0.2, -0.15) is 5.10 Å². The van der Waals surface area contributed by atoms with Crippen LogP contribution in [0.2, 0.25) is 0 Å². The second-order valence-corrected chi connectivity index (χ2v) is 6.32. The van der Waals surface area contributed by atoms with Crippen molar-refractivity contribution in [1.82, 2.24) is 15.1 Å². The van der Waals surface area contributed by atoms with Gasteiger partial charge in [-0.25, -0.2) is 0 Å². The molecule has 1 amide bonds. The van der Waals surface area contributed by atoms with Gasteiger partial charge in [0, 0.05) is 31.3 Å². The second-order valence-electron chi connectivity index (χ2n) is 5.94. The molecule has 1 N–H and O–H groups in total. The lowest BCUT2D eigenvalue weighted by atomic mass is 10.1. The summed E-state index contributed by atoms with van der Waals surface area (Å²) in [6.07, 6.45) is 11.7. The van der Waals surface area contributed by atoms with E-state index in [4.69, 9.17) is 12.2 Å². The summed E-state index contributed by atoms with van der Waals surface area (Å²) >= 11 is 5.50. The highest BCUT2D eigenvalue weighted by molar-refractivity contribution is 7.80. The predicted octanol–water partition coefficient (Wildman–Crippen LogP) is 3.20. The molecule has 0 aliphatic carbocycles. The summed E-state index contributed by atoms with van der Waals surface area (Å²) in [5.41, 5.74) is 2.73. The number of nitrogens with one attached hydrogen (secondary N) is 1. The maximum absolute atomic E-state index is 12.7. The number of rotatable bonds is 2. The van der Waals surface area contributed by atoms with Gasteiger partial charge in [-0.3, -0.25) is 14.4 Å². The predicted molar refractivity (Wildman–Crippen MR) is 104 cm³/mol. The molecule has 5 nitrogen and oxygen atoms in total. The maximum Gasteiger partial charge on any atom is 0.237 e. The van der Waals surface area contributed by atoms with Gasteiger partial charge in [0.2, 0.25) is 5.91 Å². The summed E-state index contributed by atoms with van der Waals surface area (Å²) in [5.74, 6) is -0.0698. The quantitative estimate of drug-likeness (QED) is 0.844. The molecule has 0 fully saturated rings. The zero-order valence-electron chi connectivity index (χ0n) is 14.2. The molecule has 2 heterocycles. The number of carbonyl (C=O) groups is 1. The largest absolute Gasteiger partial charge is 0.356 e. The maximum atomic E-state index is 12.7. The fourth-order valence-electron chi connectivity index (χ4n) is 2.65. The number of anilines is 1. The summed E-state index contributed by atoms with van der Waals surface area (Å²) in [6.45, 7) is 1.99. The van der Waals surface area contributed by atoms with Crippen LogP contribution in [0.5, 0.6) is 0 Å². The first-order valence-corrected chi connectivity index (χ1v) is 8.51. The summed E-state index contributed by atoms with van der Waals surface area (Å²) in [7, 11) is 1.88. The van der Waals surface area contributed by atoms with Gasteiger partial charge in [-0.15, -0.1) is 0 Å². The van der Waals surface area contributed by atoms with Gasteiger partial charge < -0.3 is 5.32 Å². The number of hydrogen-bond acceptors (Lipinski definition) is 3. The lowest BCUT2D eigenvalue weighted by Crippen LogP contribution is -2.46. The standard InChI is InChI=1S/C19H20N4OS/c1-14-7-4-3-5-10-18(24)23(19(25)21-14)17-9-6-8-15(11-17)16-12-20-22(2)13-16/h3-9,11-14H,10H2,1-2H3,(H,21,25)/b5-3-,7-4-. The molecule has 1 aromatic carbocycles. The highest BCUT2D eigenvalue weighted by Gasteiger charge is 2.21. The first-order valence-electron chi connectivity index (χ1n) is 8.10. The van der Waals surface area contributed by atoms with Crippen LogP contribution in [0, 0.1) is 0 Å². The lowest BCUT2D eigenvalue weighted by molar-refractivity contribution is -0.116. The van der Waals surface area contributed by atoms with Crippen molar-refractivity contribution in [3.05, 3.63) is 61.0 Å². The molecule has 0 saturated heterocycles. The number of hydrogen-bond donors (Lipinski definition) is 1. The van der Waals surface area contributed by atoms with Crippen molar-refractivity contribution < 1.29 is 4.79 Å². The molecule has 0 saturated carbocycles. The Morgan fingerprint density at radius 2 is 2.12 bits per heavy atom. The normalized spacial score (nSPS) is 20.9. The molecule has 1 aliphatic heterocycles. The molecular formula is C19H20N4OS. The van der Waals surface area contributed by atoms with Gasteiger partial charge >= 0.3 is 0 Å². The van der Waals surface area contributed by atoms with Crippen molar-refractivity contribution in [3.63, 3.8) is 0 Å². The van der Waals surface area contributed by atoms with E-state index in [0.29, 0.717) is 5.11 Å². The van der Waals surface area contributed by atoms with E-state index in [9.17, 15) is 4.79 Å². The average Bonchev–Trinajstić information content (AvgIpc) is 3.01. The number of aromatic nitrogens is 2. The van der Waals surface area contributed by atoms with Crippen molar-refractivity contribution in [3.8, 4) is 11.1 Å². The van der Waals surface area contributed by atoms with Crippen molar-refractivity contribution in [1.29, 1.82) is 0 Å². The Kier molecular flexibility index (Phi) is 5.09. The molecule has 3 rings (SSSR count). The first-order chi connectivity index (χ1) is 12.0. The van der Waals surface area contributed by atoms with Crippen molar-refractivity contribution in [2.45, 2.75) is 19.4 Å². The Balaban J connectivity index is 1.97. The van der Waals surface area contributed by atoms with E-state index in [2.05, 4.69) is 10.4 Å². The van der Waals surface area contributed by atoms with Gasteiger partial charge in [0.15, 0.2) is 5.11 Å². The van der Waals surface area contributed by atoms with Crippen LogP contribution in [0.3, 0.4) is 0 Å². The number of amides is 1. The van der Waals surface area contributed by atoms with Crippen LogP contribution in [-0.4, -0.2) is 26.8 Å². The van der Waals surface area contributed by atoms with Gasteiger partial charge in [-0.1, -0.05) is 36.4 Å². The number of aryl methyl sites for hydroxylation is 1. The smallest absolute Gasteiger partial charge is 0.237 e. The topological polar surface area (TPSA) is 50.2 Å². The van der Waals surface area contributed by atoms with Crippen LogP contribution in [0.4, 0.5) is 5.69 Å². The third-order valence-electron chi connectivity index (χ3n) is 3.89. The molecule has 0 bridgehead atoms. The number of nitrogens with zero attached hydrogens (tertiary/aromatic N) is 3. The van der Waals surface area contributed by atoms with E-state index < -0.39 is 0 Å². The molecular weight excluding hydrogens is 332 g/mol. The minimum absolute atomic E-state index is 0.0343. The van der Waals surface area contributed by atoms with Gasteiger partial charge in [-0.05, 0) is 36.8 Å². The van der Waals surface area contributed by atoms with E-state index >= 15 is 0 Å². The number of thiocarbonyl (C=S) groups is 1. The number of allylic oxidation sites excluding steroid dienone is 2. The Morgan fingerprint density at radius 1 is 1.28 bits per heavy atom. The molecule has 1 unspecified atom stereocenters. The SMILES string of the molecule is CC1/C=C\C=C/CC(=O)N(c2cccc(-c3cnn(C)c3)c2)C(=S)N1. The van der Waals surface area contributed by atoms with Crippen molar-refractivity contribution in [2.24, 2.45) is 7.05 Å². The van der Waals surface area contributed by atoms with Crippen molar-refractivity contribution in [2.75, 3.05) is 4.90 Å². The zero-order chi connectivity index (χ0) is 17.8. The van der Waals surface area contributed by atoms with Crippen LogP contribution in [-0.2, 0) is 11.8 Å². The van der Waals surface area contributed by atoms with E-state index in [0.717, 1.165) is 16.8 Å². The highest BCUT2D eigenvalue weighted by Crippen LogP contribution is 2.25. The van der Waals surface area contributed by atoms with Crippen LogP contribution in [0.15, 0.2) is 61.0 Å². The molecule has 6 heteroatoms. The summed E-state index contributed by atoms with van der Waals surface area (Å²) < 4.78 is 1.75. The van der Waals surface area contributed by atoms with Crippen LogP contribution < -0.4 is 10.2 Å². The molecule has 0 spiro atoms. The molecule has 1 atom stereocenters. The molecule has 0 radical (unpaired) electrons. The molecule has 1 aliphatic rings. The minimum Gasteiger partial charge on any atom is -0.356 e. The van der Waals surface area contributed by atoms with E-state index in [1.165, 1.54) is 0 Å². The minimum atomic E-state index is -0.0698. The molecule has 25 heavy (non-hydrogen) atoms. The van der Waals surface area contributed by atoms with Crippen LogP contribution in [0.1, 0.15) is 13.3 Å². The second kappa shape index (κ2) is 7.44. The number of carbonyl (C=O) groups excluding carboxylic acids is 1. The lowest BCUT2D eigenvalue weighted by Gasteiger charge is -2.26. The van der Waals surface area contributed by atoms with E-state index in [1.807, 2.05) is 68.7 Å². The average molecular weight is 352 g/mol. The summed E-state index contributed by atoms with van der Waals surface area (Å²) in [4.78, 5) is 14.3. The fraction of sp³-hybridized carbons (Fsp3) is 0.211. The van der Waals surface area contributed by atoms with Crippen molar-refractivity contribution >= 4 is 28.9 Å². The number of benzene rings is 1. The highest BCUT2D eigenvalue weighted by atomic mass is 32.1. The Bertz CT molecular complexity index is 853.